The number of carbonyl (C=O) groups excluding carboxylic acids is 1. The van der Waals surface area contributed by atoms with Crippen LogP contribution in [0, 0.1) is 0 Å². The number of carbonyl (C=O) groups is 1. The number of hydrogen-bond donors (Lipinski definition) is 1. The molecule has 1 aliphatic heterocycles. The highest BCUT2D eigenvalue weighted by molar-refractivity contribution is 7.89. The van der Waals surface area contributed by atoms with E-state index in [1.807, 2.05) is 6.07 Å². The molecule has 2 aromatic carbocycles. The molecule has 0 atom stereocenters. The predicted molar refractivity (Wildman–Crippen MR) is 126 cm³/mol. The molecule has 4 rings (SSSR count). The molecule has 0 saturated carbocycles. The van der Waals surface area contributed by atoms with E-state index in [0.717, 1.165) is 24.1 Å². The number of aromatic nitrogens is 1. The van der Waals surface area contributed by atoms with Crippen LogP contribution in [0.1, 0.15) is 36.2 Å². The largest absolute Gasteiger partial charge is 0.322 e. The number of pyridine rings is 1. The van der Waals surface area contributed by atoms with Crippen LogP contribution in [0.3, 0.4) is 0 Å². The lowest BCUT2D eigenvalue weighted by Gasteiger charge is -2.30. The maximum absolute atomic E-state index is 13.6. The predicted octanol–water partition coefficient (Wildman–Crippen LogP) is 3.81. The SMILES string of the molecule is CCN(CC)S(=O)(=O)c1ccc2[nH]c(=O)cc(C(=O)N3CCCc4cc(Cl)ccc43)c2c1. The van der Waals surface area contributed by atoms with Crippen molar-refractivity contribution in [1.29, 1.82) is 0 Å². The minimum atomic E-state index is -3.72. The lowest BCUT2D eigenvalue weighted by atomic mass is 10.00. The number of aryl methyl sites for hydroxylation is 1. The molecule has 1 aliphatic rings. The van der Waals surface area contributed by atoms with Gasteiger partial charge in [-0.25, -0.2) is 8.42 Å². The van der Waals surface area contributed by atoms with Crippen molar-refractivity contribution in [2.24, 2.45) is 0 Å². The minimum absolute atomic E-state index is 0.0839. The van der Waals surface area contributed by atoms with Crippen LogP contribution >= 0.6 is 11.6 Å². The zero-order chi connectivity index (χ0) is 23.0. The van der Waals surface area contributed by atoms with Crippen molar-refractivity contribution in [1.82, 2.24) is 9.29 Å². The molecular weight excluding hydrogens is 450 g/mol. The van der Waals surface area contributed by atoms with Crippen molar-refractivity contribution >= 4 is 44.1 Å². The van der Waals surface area contributed by atoms with Gasteiger partial charge in [0, 0.05) is 47.3 Å². The summed E-state index contributed by atoms with van der Waals surface area (Å²) in [5.74, 6) is -0.346. The van der Waals surface area contributed by atoms with Gasteiger partial charge in [-0.15, -0.1) is 0 Å². The minimum Gasteiger partial charge on any atom is -0.322 e. The Balaban J connectivity index is 1.86. The number of anilines is 1. The molecule has 3 aromatic rings. The molecule has 2 heterocycles. The molecule has 0 radical (unpaired) electrons. The van der Waals surface area contributed by atoms with Gasteiger partial charge in [0.05, 0.1) is 10.5 Å². The zero-order valence-corrected chi connectivity index (χ0v) is 19.5. The molecule has 7 nitrogen and oxygen atoms in total. The number of rotatable bonds is 5. The fourth-order valence-corrected chi connectivity index (χ4v) is 5.88. The third kappa shape index (κ3) is 3.94. The van der Waals surface area contributed by atoms with E-state index in [4.69, 9.17) is 11.6 Å². The second-order valence-corrected chi connectivity index (χ2v) is 10.1. The summed E-state index contributed by atoms with van der Waals surface area (Å²) < 4.78 is 27.4. The van der Waals surface area contributed by atoms with Gasteiger partial charge in [0.1, 0.15) is 0 Å². The summed E-state index contributed by atoms with van der Waals surface area (Å²) >= 11 is 6.12. The maximum Gasteiger partial charge on any atom is 0.259 e. The summed E-state index contributed by atoms with van der Waals surface area (Å²) in [6.07, 6.45) is 1.57. The number of nitrogens with zero attached hydrogens (tertiary/aromatic N) is 2. The average Bonchev–Trinajstić information content (AvgIpc) is 2.77. The number of aromatic amines is 1. The van der Waals surface area contributed by atoms with Crippen molar-refractivity contribution in [3.05, 3.63) is 69.0 Å². The normalized spacial score (nSPS) is 14.1. The average molecular weight is 474 g/mol. The molecule has 1 amide bonds. The fraction of sp³-hybridized carbons (Fsp3) is 0.304. The Kier molecular flexibility index (Phi) is 6.11. The third-order valence-corrected chi connectivity index (χ3v) is 8.07. The van der Waals surface area contributed by atoms with E-state index >= 15 is 0 Å². The Hall–Kier alpha value is -2.68. The molecule has 0 spiro atoms. The molecule has 9 heteroatoms. The second-order valence-electron chi connectivity index (χ2n) is 7.68. The van der Waals surface area contributed by atoms with Crippen molar-refractivity contribution in [3.63, 3.8) is 0 Å². The quantitative estimate of drug-likeness (QED) is 0.610. The Labute approximate surface area is 191 Å². The molecule has 0 unspecified atom stereocenters. The van der Waals surface area contributed by atoms with Crippen LogP contribution in [-0.2, 0) is 16.4 Å². The van der Waals surface area contributed by atoms with Crippen LogP contribution in [0.2, 0.25) is 5.02 Å². The lowest BCUT2D eigenvalue weighted by Crippen LogP contribution is -2.36. The van der Waals surface area contributed by atoms with E-state index in [1.165, 1.54) is 28.6 Å². The van der Waals surface area contributed by atoms with Crippen LogP contribution in [0.5, 0.6) is 0 Å². The van der Waals surface area contributed by atoms with Gasteiger partial charge in [0.2, 0.25) is 15.6 Å². The number of halogens is 1. The van der Waals surface area contributed by atoms with Gasteiger partial charge < -0.3 is 9.88 Å². The molecule has 0 fully saturated rings. The van der Waals surface area contributed by atoms with E-state index in [-0.39, 0.29) is 16.4 Å². The first-order valence-corrected chi connectivity index (χ1v) is 12.4. The third-order valence-electron chi connectivity index (χ3n) is 5.79. The fourth-order valence-electron chi connectivity index (χ4n) is 4.20. The van der Waals surface area contributed by atoms with Gasteiger partial charge in [-0.3, -0.25) is 9.59 Å². The van der Waals surface area contributed by atoms with E-state index in [0.29, 0.717) is 35.6 Å². The van der Waals surface area contributed by atoms with E-state index in [1.54, 1.807) is 30.9 Å². The second kappa shape index (κ2) is 8.69. The standard InChI is InChI=1S/C23H24ClN3O4S/c1-3-26(4-2)32(30,31)17-8-9-20-18(13-17)19(14-22(28)25-20)23(29)27-11-5-6-15-12-16(24)7-10-21(15)27/h7-10,12-14H,3-6,11H2,1-2H3,(H,25,28). The number of amides is 1. The monoisotopic (exact) mass is 473 g/mol. The highest BCUT2D eigenvalue weighted by Crippen LogP contribution is 2.32. The molecular formula is C23H24ClN3O4S. The van der Waals surface area contributed by atoms with Crippen molar-refractivity contribution in [3.8, 4) is 0 Å². The summed E-state index contributed by atoms with van der Waals surface area (Å²) in [5.41, 5.74) is 1.88. The van der Waals surface area contributed by atoms with E-state index < -0.39 is 15.6 Å². The molecule has 0 bridgehead atoms. The highest BCUT2D eigenvalue weighted by atomic mass is 35.5. The van der Waals surface area contributed by atoms with Crippen molar-refractivity contribution < 1.29 is 13.2 Å². The Morgan fingerprint density at radius 2 is 1.88 bits per heavy atom. The summed E-state index contributed by atoms with van der Waals surface area (Å²) in [6, 6.07) is 11.1. The first kappa shape index (κ1) is 22.5. The summed E-state index contributed by atoms with van der Waals surface area (Å²) in [7, 11) is -3.72. The van der Waals surface area contributed by atoms with Crippen molar-refractivity contribution in [2.75, 3.05) is 24.5 Å². The molecule has 32 heavy (non-hydrogen) atoms. The van der Waals surface area contributed by atoms with E-state index in [2.05, 4.69) is 4.98 Å². The van der Waals surface area contributed by atoms with Gasteiger partial charge in [-0.05, 0) is 54.8 Å². The number of fused-ring (bicyclic) bond motifs is 2. The van der Waals surface area contributed by atoms with Gasteiger partial charge in [0.15, 0.2) is 0 Å². The lowest BCUT2D eigenvalue weighted by molar-refractivity contribution is 0.0986. The number of hydrogen-bond acceptors (Lipinski definition) is 4. The van der Waals surface area contributed by atoms with Gasteiger partial charge in [0.25, 0.3) is 5.91 Å². The summed E-state index contributed by atoms with van der Waals surface area (Å²) in [6.45, 7) is 4.71. The van der Waals surface area contributed by atoms with Crippen molar-refractivity contribution in [2.45, 2.75) is 31.6 Å². The number of benzene rings is 2. The Morgan fingerprint density at radius 1 is 1.12 bits per heavy atom. The first-order valence-electron chi connectivity index (χ1n) is 10.5. The van der Waals surface area contributed by atoms with Crippen LogP contribution in [0.25, 0.3) is 10.9 Å². The zero-order valence-electron chi connectivity index (χ0n) is 17.9. The van der Waals surface area contributed by atoms with Crippen LogP contribution in [0.4, 0.5) is 5.69 Å². The molecule has 168 valence electrons. The van der Waals surface area contributed by atoms with Gasteiger partial charge in [-0.1, -0.05) is 25.4 Å². The summed E-state index contributed by atoms with van der Waals surface area (Å²) in [5, 5.41) is 0.995. The Bertz CT molecular complexity index is 1360. The van der Waals surface area contributed by atoms with Crippen LogP contribution in [0.15, 0.2) is 52.2 Å². The highest BCUT2D eigenvalue weighted by Gasteiger charge is 2.27. The van der Waals surface area contributed by atoms with Crippen LogP contribution < -0.4 is 10.5 Å². The molecule has 1 aromatic heterocycles. The maximum atomic E-state index is 13.6. The smallest absolute Gasteiger partial charge is 0.259 e. The van der Waals surface area contributed by atoms with E-state index in [9.17, 15) is 18.0 Å². The topological polar surface area (TPSA) is 90.5 Å². The van der Waals surface area contributed by atoms with Gasteiger partial charge in [-0.2, -0.15) is 4.31 Å². The van der Waals surface area contributed by atoms with Crippen LogP contribution in [-0.4, -0.2) is 43.2 Å². The Morgan fingerprint density at radius 3 is 2.59 bits per heavy atom. The number of sulfonamides is 1. The molecule has 0 saturated heterocycles. The molecule has 1 N–H and O–H groups in total. The van der Waals surface area contributed by atoms with Gasteiger partial charge >= 0.3 is 0 Å². The number of nitrogens with one attached hydrogen (secondary N) is 1. The molecule has 0 aliphatic carbocycles. The summed E-state index contributed by atoms with van der Waals surface area (Å²) in [4.78, 5) is 30.3. The number of H-pyrrole nitrogens is 1. The first-order chi connectivity index (χ1) is 15.3.